The Balaban J connectivity index is 2.47. The molecule has 0 aliphatic carbocycles. The number of carbonyl (C=O) groups excluding carboxylic acids is 2. The van der Waals surface area contributed by atoms with Gasteiger partial charge in [-0.2, -0.15) is 5.10 Å². The highest BCUT2D eigenvalue weighted by Crippen LogP contribution is 2.17. The fourth-order valence-corrected chi connectivity index (χ4v) is 2.47. The van der Waals surface area contributed by atoms with E-state index in [1.807, 2.05) is 0 Å². The number of halogens is 2. The van der Waals surface area contributed by atoms with Gasteiger partial charge in [0, 0.05) is 23.7 Å². The van der Waals surface area contributed by atoms with E-state index < -0.39 is 17.8 Å². The van der Waals surface area contributed by atoms with Crippen molar-refractivity contribution in [2.24, 2.45) is 5.10 Å². The summed E-state index contributed by atoms with van der Waals surface area (Å²) in [7, 11) is 1.62. The predicted octanol–water partition coefficient (Wildman–Crippen LogP) is 2.94. The maximum Gasteiger partial charge on any atom is 0.254 e. The summed E-state index contributed by atoms with van der Waals surface area (Å²) >= 11 is 5.94. The minimum atomic E-state index is -0.642. The van der Waals surface area contributed by atoms with Gasteiger partial charge in [0.15, 0.2) is 6.29 Å². The van der Waals surface area contributed by atoms with Gasteiger partial charge in [-0.15, -0.1) is 0 Å². The van der Waals surface area contributed by atoms with E-state index in [4.69, 9.17) is 16.7 Å². The van der Waals surface area contributed by atoms with Crippen LogP contribution >= 0.6 is 11.6 Å². The zero-order valence-electron chi connectivity index (χ0n) is 16.0. The Kier molecular flexibility index (Phi) is 8.06. The minimum Gasteiger partial charge on any atom is -0.394 e. The van der Waals surface area contributed by atoms with Crippen LogP contribution in [0.5, 0.6) is 0 Å². The van der Waals surface area contributed by atoms with Crippen molar-refractivity contribution in [2.45, 2.75) is 13.0 Å². The lowest BCUT2D eigenvalue weighted by Gasteiger charge is -2.16. The summed E-state index contributed by atoms with van der Waals surface area (Å²) in [6, 6.07) is 12.0. The highest BCUT2D eigenvalue weighted by molar-refractivity contribution is 6.30. The summed E-state index contributed by atoms with van der Waals surface area (Å²) in [6.45, 7) is 1.34. The Labute approximate surface area is 173 Å². The van der Waals surface area contributed by atoms with Gasteiger partial charge < -0.3 is 10.4 Å². The molecule has 8 heteroatoms. The molecule has 0 saturated carbocycles. The highest BCUT2D eigenvalue weighted by atomic mass is 35.5. The molecule has 0 spiro atoms. The van der Waals surface area contributed by atoms with E-state index in [1.54, 1.807) is 50.4 Å². The average Bonchev–Trinajstić information content (AvgIpc) is 2.71. The monoisotopic (exact) mass is 417 g/mol. The number of nitrogens with one attached hydrogen (secondary N) is 1. The van der Waals surface area contributed by atoms with Crippen LogP contribution in [0.2, 0.25) is 5.02 Å². The van der Waals surface area contributed by atoms with Gasteiger partial charge in [0.2, 0.25) is 0 Å². The Hall–Kier alpha value is -3.03. The zero-order chi connectivity index (χ0) is 21.4. The number of carbonyl (C=O) groups is 2. The van der Waals surface area contributed by atoms with Crippen molar-refractivity contribution in [3.63, 3.8) is 0 Å². The summed E-state index contributed by atoms with van der Waals surface area (Å²) in [5.74, 6) is -1.06. The maximum absolute atomic E-state index is 13.5. The molecule has 2 rings (SSSR count). The first kappa shape index (κ1) is 22.3. The first-order chi connectivity index (χ1) is 13.8. The molecule has 0 saturated heterocycles. The molecule has 29 heavy (non-hydrogen) atoms. The molecule has 0 heterocycles. The zero-order valence-corrected chi connectivity index (χ0v) is 16.7. The standard InChI is InChI=1S/C21H21ClFN3O3/c1-14(12-27)24-21(29)16(13-28)10-20(15-6-8-17(22)9-7-15)25-26(2)19-5-3-4-18(23)11-19/h3-11,13-14,27H,12H2,1-2H3,(H,24,29)/b16-10+,25-20+. The van der Waals surface area contributed by atoms with E-state index >= 15 is 0 Å². The van der Waals surface area contributed by atoms with Gasteiger partial charge in [0.05, 0.1) is 23.6 Å². The van der Waals surface area contributed by atoms with Crippen molar-refractivity contribution in [3.05, 3.63) is 76.6 Å². The molecule has 2 N–H and O–H groups in total. The van der Waals surface area contributed by atoms with Crippen LogP contribution in [0, 0.1) is 5.82 Å². The number of aldehydes is 1. The van der Waals surface area contributed by atoms with Crippen LogP contribution in [0.3, 0.4) is 0 Å². The average molecular weight is 418 g/mol. The Bertz CT molecular complexity index is 929. The molecule has 2 aromatic rings. The third kappa shape index (κ3) is 6.51. The van der Waals surface area contributed by atoms with Crippen LogP contribution in [0.4, 0.5) is 10.1 Å². The maximum atomic E-state index is 13.5. The number of hydrazone groups is 1. The molecule has 0 aliphatic rings. The fraction of sp³-hybridized carbons (Fsp3) is 0.190. The smallest absolute Gasteiger partial charge is 0.254 e. The van der Waals surface area contributed by atoms with Crippen molar-refractivity contribution >= 4 is 35.2 Å². The predicted molar refractivity (Wildman–Crippen MR) is 112 cm³/mol. The number of benzene rings is 2. The SMILES string of the molecule is CC(CO)NC(=O)/C(C=O)=C/C(=N\N(C)c1cccc(F)c1)c1ccc(Cl)cc1. The summed E-state index contributed by atoms with van der Waals surface area (Å²) in [4.78, 5) is 23.8. The van der Waals surface area contributed by atoms with E-state index in [0.717, 1.165) is 0 Å². The Morgan fingerprint density at radius 2 is 2.00 bits per heavy atom. The Morgan fingerprint density at radius 1 is 1.31 bits per heavy atom. The first-order valence-electron chi connectivity index (χ1n) is 8.76. The molecule has 1 amide bonds. The normalized spacial score (nSPS) is 13.0. The lowest BCUT2D eigenvalue weighted by molar-refractivity contribution is -0.120. The number of anilines is 1. The van der Waals surface area contributed by atoms with Gasteiger partial charge in [-0.3, -0.25) is 14.6 Å². The minimum absolute atomic E-state index is 0.174. The van der Waals surface area contributed by atoms with Gasteiger partial charge in [-0.05, 0) is 43.3 Å². The van der Waals surface area contributed by atoms with Crippen LogP contribution in [0.1, 0.15) is 12.5 Å². The molecule has 1 atom stereocenters. The van der Waals surface area contributed by atoms with Gasteiger partial charge in [0.1, 0.15) is 5.82 Å². The van der Waals surface area contributed by atoms with E-state index in [0.29, 0.717) is 28.3 Å². The third-order valence-electron chi connectivity index (χ3n) is 3.91. The van der Waals surface area contributed by atoms with Crippen LogP contribution < -0.4 is 10.3 Å². The van der Waals surface area contributed by atoms with E-state index in [-0.39, 0.29) is 12.2 Å². The summed E-state index contributed by atoms with van der Waals surface area (Å²) in [5.41, 5.74) is 1.20. The second kappa shape index (κ2) is 10.5. The summed E-state index contributed by atoms with van der Waals surface area (Å²) in [5, 5.41) is 18.0. The van der Waals surface area contributed by atoms with Crippen LogP contribution in [-0.2, 0) is 9.59 Å². The summed E-state index contributed by atoms with van der Waals surface area (Å²) < 4.78 is 13.5. The molecule has 0 radical (unpaired) electrons. The van der Waals surface area contributed by atoms with Crippen molar-refractivity contribution < 1.29 is 19.1 Å². The second-order valence-electron chi connectivity index (χ2n) is 6.27. The molecule has 0 aromatic heterocycles. The quantitative estimate of drug-likeness (QED) is 0.173. The number of hydrogen-bond acceptors (Lipinski definition) is 5. The van der Waals surface area contributed by atoms with Crippen LogP contribution in [0.25, 0.3) is 0 Å². The highest BCUT2D eigenvalue weighted by Gasteiger charge is 2.14. The summed E-state index contributed by atoms with van der Waals surface area (Å²) in [6.07, 6.45) is 1.73. The molecule has 0 aliphatic heterocycles. The topological polar surface area (TPSA) is 82.0 Å². The van der Waals surface area contributed by atoms with Crippen LogP contribution in [-0.4, -0.2) is 42.7 Å². The van der Waals surface area contributed by atoms with Gasteiger partial charge in [0.25, 0.3) is 5.91 Å². The van der Waals surface area contributed by atoms with Crippen molar-refractivity contribution in [1.82, 2.24) is 5.32 Å². The van der Waals surface area contributed by atoms with Crippen molar-refractivity contribution in [2.75, 3.05) is 18.7 Å². The number of aliphatic hydroxyl groups is 1. The van der Waals surface area contributed by atoms with E-state index in [1.165, 1.54) is 23.2 Å². The number of aliphatic hydroxyl groups excluding tert-OH is 1. The molecule has 6 nitrogen and oxygen atoms in total. The number of hydrogen-bond donors (Lipinski definition) is 2. The first-order valence-corrected chi connectivity index (χ1v) is 9.14. The fourth-order valence-electron chi connectivity index (χ4n) is 2.34. The van der Waals surface area contributed by atoms with Crippen LogP contribution in [0.15, 0.2) is 65.3 Å². The largest absolute Gasteiger partial charge is 0.394 e. The van der Waals surface area contributed by atoms with Gasteiger partial charge in [-0.25, -0.2) is 4.39 Å². The molecule has 0 fully saturated rings. The molecular weight excluding hydrogens is 397 g/mol. The molecule has 0 bridgehead atoms. The lowest BCUT2D eigenvalue weighted by Crippen LogP contribution is -2.36. The number of nitrogens with zero attached hydrogens (tertiary/aromatic N) is 2. The lowest BCUT2D eigenvalue weighted by atomic mass is 10.1. The van der Waals surface area contributed by atoms with Gasteiger partial charge >= 0.3 is 0 Å². The van der Waals surface area contributed by atoms with Gasteiger partial charge in [-0.1, -0.05) is 29.8 Å². The van der Waals surface area contributed by atoms with E-state index in [2.05, 4.69) is 10.4 Å². The molecule has 152 valence electrons. The number of allylic oxidation sites excluding steroid dienone is 1. The van der Waals surface area contributed by atoms with Crippen molar-refractivity contribution in [1.29, 1.82) is 0 Å². The number of amides is 1. The second-order valence-corrected chi connectivity index (χ2v) is 6.71. The molecule has 1 unspecified atom stereocenters. The third-order valence-corrected chi connectivity index (χ3v) is 4.16. The molecule has 2 aromatic carbocycles. The van der Waals surface area contributed by atoms with E-state index in [9.17, 15) is 14.0 Å². The Morgan fingerprint density at radius 3 is 2.59 bits per heavy atom. The number of rotatable bonds is 8. The van der Waals surface area contributed by atoms with Crippen molar-refractivity contribution in [3.8, 4) is 0 Å². The molecular formula is C21H21ClFN3O3.